The minimum Gasteiger partial charge on any atom is -0.494 e. The predicted molar refractivity (Wildman–Crippen MR) is 64.1 cm³/mol. The number of unbranched alkanes of at least 4 members (excludes halogenated alkanes) is 2. The van der Waals surface area contributed by atoms with Crippen LogP contribution in [0.5, 0.6) is 5.75 Å². The van der Waals surface area contributed by atoms with Gasteiger partial charge in [0.1, 0.15) is 5.75 Å². The van der Waals surface area contributed by atoms with Crippen molar-refractivity contribution < 1.29 is 4.74 Å². The maximum Gasteiger partial charge on any atom is 0.119 e. The molecule has 1 rings (SSSR count). The summed E-state index contributed by atoms with van der Waals surface area (Å²) in [6.45, 7) is 4.98. The molecule has 1 aromatic rings. The zero-order chi connectivity index (χ0) is 11.1. The van der Waals surface area contributed by atoms with E-state index in [1.807, 2.05) is 31.2 Å². The molecule has 0 aliphatic heterocycles. The summed E-state index contributed by atoms with van der Waals surface area (Å²) >= 11 is 0. The van der Waals surface area contributed by atoms with Gasteiger partial charge >= 0.3 is 0 Å². The van der Waals surface area contributed by atoms with Crippen LogP contribution in [0.1, 0.15) is 44.7 Å². The number of nitrogens with two attached hydrogens (primary N) is 1. The number of rotatable bonds is 6. The van der Waals surface area contributed by atoms with Gasteiger partial charge in [-0.05, 0) is 31.0 Å². The predicted octanol–water partition coefficient (Wildman–Crippen LogP) is 3.28. The summed E-state index contributed by atoms with van der Waals surface area (Å²) in [5, 5.41) is 0. The second-order valence-corrected chi connectivity index (χ2v) is 3.92. The molecule has 84 valence electrons. The summed E-state index contributed by atoms with van der Waals surface area (Å²) in [4.78, 5) is 0. The lowest BCUT2D eigenvalue weighted by molar-refractivity contribution is 0.306. The third-order valence-corrected chi connectivity index (χ3v) is 2.40. The molecule has 0 aliphatic rings. The quantitative estimate of drug-likeness (QED) is 0.726. The highest BCUT2D eigenvalue weighted by Crippen LogP contribution is 2.17. The van der Waals surface area contributed by atoms with E-state index < -0.39 is 0 Å². The lowest BCUT2D eigenvalue weighted by Gasteiger charge is -2.09. The standard InChI is InChI=1S/C13H21NO/c1-3-4-5-9-15-13-8-6-7-12(10-13)11(2)14/h6-8,10-11H,3-5,9,14H2,1-2H3. The Morgan fingerprint density at radius 1 is 1.33 bits per heavy atom. The molecule has 2 nitrogen and oxygen atoms in total. The fourth-order valence-corrected chi connectivity index (χ4v) is 1.43. The first-order valence-corrected chi connectivity index (χ1v) is 5.72. The van der Waals surface area contributed by atoms with Gasteiger partial charge in [-0.3, -0.25) is 0 Å². The van der Waals surface area contributed by atoms with Crippen LogP contribution in [0.2, 0.25) is 0 Å². The van der Waals surface area contributed by atoms with Gasteiger partial charge in [0.2, 0.25) is 0 Å². The fourth-order valence-electron chi connectivity index (χ4n) is 1.43. The summed E-state index contributed by atoms with van der Waals surface area (Å²) in [5.74, 6) is 0.931. The maximum absolute atomic E-state index is 5.80. The molecular formula is C13H21NO. The van der Waals surface area contributed by atoms with Gasteiger partial charge in [-0.15, -0.1) is 0 Å². The van der Waals surface area contributed by atoms with E-state index in [4.69, 9.17) is 10.5 Å². The zero-order valence-electron chi connectivity index (χ0n) is 9.70. The van der Waals surface area contributed by atoms with E-state index in [-0.39, 0.29) is 6.04 Å². The van der Waals surface area contributed by atoms with Crippen molar-refractivity contribution in [1.29, 1.82) is 0 Å². The molecule has 15 heavy (non-hydrogen) atoms. The summed E-state index contributed by atoms with van der Waals surface area (Å²) in [7, 11) is 0. The Hall–Kier alpha value is -1.02. The average Bonchev–Trinajstić information content (AvgIpc) is 2.25. The Labute approximate surface area is 92.4 Å². The molecule has 0 amide bonds. The van der Waals surface area contributed by atoms with E-state index in [1.54, 1.807) is 0 Å². The fraction of sp³-hybridized carbons (Fsp3) is 0.538. The van der Waals surface area contributed by atoms with E-state index in [2.05, 4.69) is 6.92 Å². The van der Waals surface area contributed by atoms with Gasteiger partial charge in [-0.2, -0.15) is 0 Å². The van der Waals surface area contributed by atoms with Crippen LogP contribution in [-0.2, 0) is 0 Å². The first kappa shape index (κ1) is 12.1. The third kappa shape index (κ3) is 4.34. The van der Waals surface area contributed by atoms with Crippen molar-refractivity contribution >= 4 is 0 Å². The second-order valence-electron chi connectivity index (χ2n) is 3.92. The monoisotopic (exact) mass is 207 g/mol. The maximum atomic E-state index is 5.80. The molecule has 0 radical (unpaired) electrons. The molecule has 1 atom stereocenters. The lowest BCUT2D eigenvalue weighted by Crippen LogP contribution is -2.05. The summed E-state index contributed by atoms with van der Waals surface area (Å²) in [5.41, 5.74) is 6.93. The van der Waals surface area contributed by atoms with Crippen LogP contribution in [-0.4, -0.2) is 6.61 Å². The minimum absolute atomic E-state index is 0.0733. The van der Waals surface area contributed by atoms with Crippen LogP contribution in [0, 0.1) is 0 Å². The summed E-state index contributed by atoms with van der Waals surface area (Å²) < 4.78 is 5.64. The molecule has 1 aromatic carbocycles. The highest BCUT2D eigenvalue weighted by molar-refractivity contribution is 5.30. The van der Waals surface area contributed by atoms with Gasteiger partial charge in [0.15, 0.2) is 0 Å². The van der Waals surface area contributed by atoms with Crippen LogP contribution in [0.3, 0.4) is 0 Å². The Balaban J connectivity index is 2.43. The van der Waals surface area contributed by atoms with Gasteiger partial charge in [-0.25, -0.2) is 0 Å². The normalized spacial score (nSPS) is 12.5. The van der Waals surface area contributed by atoms with Crippen LogP contribution >= 0.6 is 0 Å². The average molecular weight is 207 g/mol. The Kier molecular flexibility index (Phi) is 5.19. The molecule has 0 aromatic heterocycles. The molecule has 0 saturated carbocycles. The van der Waals surface area contributed by atoms with Crippen LogP contribution in [0.4, 0.5) is 0 Å². The van der Waals surface area contributed by atoms with Crippen molar-refractivity contribution in [3.8, 4) is 5.75 Å². The van der Waals surface area contributed by atoms with Gasteiger partial charge in [-0.1, -0.05) is 31.9 Å². The first-order valence-electron chi connectivity index (χ1n) is 5.72. The second kappa shape index (κ2) is 6.46. The van der Waals surface area contributed by atoms with Crippen LogP contribution in [0.15, 0.2) is 24.3 Å². The van der Waals surface area contributed by atoms with Gasteiger partial charge in [0.05, 0.1) is 6.61 Å². The van der Waals surface area contributed by atoms with Crippen molar-refractivity contribution in [1.82, 2.24) is 0 Å². The molecular weight excluding hydrogens is 186 g/mol. The summed E-state index contributed by atoms with van der Waals surface area (Å²) in [6, 6.07) is 8.11. The Bertz CT molecular complexity index is 284. The van der Waals surface area contributed by atoms with E-state index in [0.29, 0.717) is 0 Å². The molecule has 0 heterocycles. The van der Waals surface area contributed by atoms with E-state index in [1.165, 1.54) is 12.8 Å². The number of hydrogen-bond acceptors (Lipinski definition) is 2. The van der Waals surface area contributed by atoms with E-state index >= 15 is 0 Å². The topological polar surface area (TPSA) is 35.2 Å². The Morgan fingerprint density at radius 3 is 2.80 bits per heavy atom. The smallest absolute Gasteiger partial charge is 0.119 e. The van der Waals surface area contributed by atoms with Crippen molar-refractivity contribution in [2.75, 3.05) is 6.61 Å². The molecule has 2 N–H and O–H groups in total. The van der Waals surface area contributed by atoms with Gasteiger partial charge < -0.3 is 10.5 Å². The largest absolute Gasteiger partial charge is 0.494 e. The van der Waals surface area contributed by atoms with Gasteiger partial charge in [0, 0.05) is 6.04 Å². The molecule has 0 bridgehead atoms. The minimum atomic E-state index is 0.0733. The van der Waals surface area contributed by atoms with Crippen molar-refractivity contribution in [3.63, 3.8) is 0 Å². The third-order valence-electron chi connectivity index (χ3n) is 2.40. The van der Waals surface area contributed by atoms with Crippen molar-refractivity contribution in [3.05, 3.63) is 29.8 Å². The van der Waals surface area contributed by atoms with Crippen LogP contribution < -0.4 is 10.5 Å². The van der Waals surface area contributed by atoms with E-state index in [9.17, 15) is 0 Å². The van der Waals surface area contributed by atoms with Crippen molar-refractivity contribution in [2.24, 2.45) is 5.73 Å². The zero-order valence-corrected chi connectivity index (χ0v) is 9.70. The first-order chi connectivity index (χ1) is 7.24. The number of hydrogen-bond donors (Lipinski definition) is 1. The summed E-state index contributed by atoms with van der Waals surface area (Å²) in [6.07, 6.45) is 3.58. The molecule has 0 spiro atoms. The van der Waals surface area contributed by atoms with Crippen molar-refractivity contribution in [2.45, 2.75) is 39.2 Å². The van der Waals surface area contributed by atoms with Crippen LogP contribution in [0.25, 0.3) is 0 Å². The van der Waals surface area contributed by atoms with E-state index in [0.717, 1.165) is 24.3 Å². The highest BCUT2D eigenvalue weighted by Gasteiger charge is 2.00. The molecule has 0 saturated heterocycles. The Morgan fingerprint density at radius 2 is 2.13 bits per heavy atom. The number of ether oxygens (including phenoxy) is 1. The molecule has 0 fully saturated rings. The van der Waals surface area contributed by atoms with Gasteiger partial charge in [0.25, 0.3) is 0 Å². The molecule has 1 unspecified atom stereocenters. The lowest BCUT2D eigenvalue weighted by atomic mass is 10.1. The number of benzene rings is 1. The molecule has 2 heteroatoms. The molecule has 0 aliphatic carbocycles. The highest BCUT2D eigenvalue weighted by atomic mass is 16.5. The SMILES string of the molecule is CCCCCOc1cccc(C(C)N)c1.